The summed E-state index contributed by atoms with van der Waals surface area (Å²) in [5.41, 5.74) is 8.96. The van der Waals surface area contributed by atoms with Gasteiger partial charge in [-0.05, 0) is 85.0 Å². The first-order chi connectivity index (χ1) is 16.4. The molecule has 3 N–H and O–H groups in total. The Morgan fingerprint density at radius 2 is 1.50 bits per heavy atom. The van der Waals surface area contributed by atoms with Crippen molar-refractivity contribution in [1.29, 1.82) is 0 Å². The number of carbonyl (C=O) groups excluding carboxylic acids is 1. The smallest absolute Gasteiger partial charge is 0.265 e. The molecule has 0 atom stereocenters. The van der Waals surface area contributed by atoms with Crippen LogP contribution in [0.3, 0.4) is 0 Å². The Hall–Kier alpha value is -2.70. The molecule has 3 aromatic carbocycles. The fourth-order valence-electron chi connectivity index (χ4n) is 5.57. The number of amides is 1. The van der Waals surface area contributed by atoms with E-state index in [4.69, 9.17) is 28.2 Å². The molecule has 7 rings (SSSR count). The van der Waals surface area contributed by atoms with E-state index in [2.05, 4.69) is 28.3 Å². The predicted octanol–water partition coefficient (Wildman–Crippen LogP) is 5.78. The van der Waals surface area contributed by atoms with E-state index < -0.39 is 0 Å². The quantitative estimate of drug-likeness (QED) is 0.299. The van der Waals surface area contributed by atoms with Crippen molar-refractivity contribution in [1.82, 2.24) is 21.2 Å². The van der Waals surface area contributed by atoms with E-state index in [-0.39, 0.29) is 17.0 Å². The summed E-state index contributed by atoms with van der Waals surface area (Å²) >= 11 is 12.1. The van der Waals surface area contributed by atoms with Crippen LogP contribution in [0.4, 0.5) is 0 Å². The van der Waals surface area contributed by atoms with E-state index >= 15 is 0 Å². The minimum atomic E-state index is -0.121. The van der Waals surface area contributed by atoms with Crippen molar-refractivity contribution in [3.8, 4) is 0 Å². The van der Waals surface area contributed by atoms with E-state index in [1.807, 2.05) is 54.6 Å². The van der Waals surface area contributed by atoms with Gasteiger partial charge in [-0.3, -0.25) is 15.2 Å². The Kier molecular flexibility index (Phi) is 5.26. The van der Waals surface area contributed by atoms with Gasteiger partial charge in [0.25, 0.3) is 5.91 Å². The van der Waals surface area contributed by atoms with Gasteiger partial charge in [-0.1, -0.05) is 41.4 Å². The summed E-state index contributed by atoms with van der Waals surface area (Å²) in [4.78, 5) is 17.5. The highest BCUT2D eigenvalue weighted by Gasteiger charge is 2.60. The lowest BCUT2D eigenvalue weighted by Gasteiger charge is -2.48. The summed E-state index contributed by atoms with van der Waals surface area (Å²) in [6.07, 6.45) is 4.08. The van der Waals surface area contributed by atoms with Gasteiger partial charge in [0.15, 0.2) is 0 Å². The second-order valence-electron chi connectivity index (χ2n) is 9.69. The molecule has 1 aromatic heterocycles. The second-order valence-corrected chi connectivity index (χ2v) is 10.6. The van der Waals surface area contributed by atoms with Crippen molar-refractivity contribution in [3.63, 3.8) is 0 Å². The molecule has 7 heteroatoms. The maximum atomic E-state index is 12.8. The average Bonchev–Trinajstić information content (AvgIpc) is 3.37. The first kappa shape index (κ1) is 21.8. The van der Waals surface area contributed by atoms with E-state index in [1.165, 1.54) is 0 Å². The molecule has 2 bridgehead atoms. The fourth-order valence-corrected chi connectivity index (χ4v) is 5.94. The number of hydrogen-bond acceptors (Lipinski definition) is 4. The van der Waals surface area contributed by atoms with Gasteiger partial charge >= 0.3 is 0 Å². The molecule has 0 aliphatic heterocycles. The maximum absolute atomic E-state index is 12.8. The third-order valence-corrected chi connectivity index (χ3v) is 7.76. The van der Waals surface area contributed by atoms with Crippen LogP contribution < -0.4 is 16.2 Å². The Bertz CT molecular complexity index is 1430. The minimum Gasteiger partial charge on any atom is -0.305 e. The number of fused-ring (bicyclic) bond motifs is 3. The molecule has 3 aliphatic rings. The molecule has 3 fully saturated rings. The SMILES string of the molecule is O=C(NNC12CCC(NCc3ccc4cc(Cl)ccc4n3)(C1)C2)c1ccc2cc(Cl)ccc2c1. The van der Waals surface area contributed by atoms with Crippen LogP contribution in [-0.2, 0) is 6.54 Å². The highest BCUT2D eigenvalue weighted by atomic mass is 35.5. The largest absolute Gasteiger partial charge is 0.305 e. The summed E-state index contributed by atoms with van der Waals surface area (Å²) in [6, 6.07) is 21.2. The normalized spacial score (nSPS) is 23.2. The molecule has 34 heavy (non-hydrogen) atoms. The van der Waals surface area contributed by atoms with Crippen molar-refractivity contribution in [2.45, 2.75) is 43.3 Å². The maximum Gasteiger partial charge on any atom is 0.265 e. The van der Waals surface area contributed by atoms with Crippen LogP contribution >= 0.6 is 23.2 Å². The number of rotatable bonds is 6. The third-order valence-electron chi connectivity index (χ3n) is 7.29. The highest BCUT2D eigenvalue weighted by molar-refractivity contribution is 6.31. The Morgan fingerprint density at radius 3 is 2.35 bits per heavy atom. The first-order valence-corrected chi connectivity index (χ1v) is 12.2. The van der Waals surface area contributed by atoms with Crippen LogP contribution in [0.5, 0.6) is 0 Å². The summed E-state index contributed by atoms with van der Waals surface area (Å²) in [5.74, 6) is -0.121. The lowest BCUT2D eigenvalue weighted by Crippen LogP contribution is -2.65. The van der Waals surface area contributed by atoms with Crippen molar-refractivity contribution < 1.29 is 4.79 Å². The molecule has 1 amide bonds. The van der Waals surface area contributed by atoms with Crippen LogP contribution in [-0.4, -0.2) is 22.0 Å². The number of halogens is 2. The van der Waals surface area contributed by atoms with Gasteiger partial charge in [-0.15, -0.1) is 0 Å². The standard InChI is InChI=1S/C27H24Cl2N4O/c28-21-5-3-17-11-20(2-1-18(17)12-21)25(34)32-33-27-10-9-26(15-27,16-27)30-14-23-7-4-19-13-22(29)6-8-24(19)31-23/h1-8,11-13,30,33H,9-10,14-16H2,(H,32,34). The fraction of sp³-hybridized carbons (Fsp3) is 0.259. The number of carbonyl (C=O) groups is 1. The Labute approximate surface area is 207 Å². The van der Waals surface area contributed by atoms with E-state index in [1.54, 1.807) is 0 Å². The minimum absolute atomic E-state index is 0.0411. The first-order valence-electron chi connectivity index (χ1n) is 11.5. The van der Waals surface area contributed by atoms with Crippen molar-refractivity contribution in [3.05, 3.63) is 88.0 Å². The zero-order chi connectivity index (χ0) is 23.3. The molecule has 3 saturated carbocycles. The summed E-state index contributed by atoms with van der Waals surface area (Å²) in [7, 11) is 0. The van der Waals surface area contributed by atoms with Crippen LogP contribution in [0.15, 0.2) is 66.7 Å². The summed E-state index contributed by atoms with van der Waals surface area (Å²) in [5, 5.41) is 8.21. The monoisotopic (exact) mass is 490 g/mol. The average molecular weight is 491 g/mol. The number of aromatic nitrogens is 1. The lowest BCUT2D eigenvalue weighted by molar-refractivity contribution is 0.0780. The zero-order valence-corrected chi connectivity index (χ0v) is 20.0. The highest BCUT2D eigenvalue weighted by Crippen LogP contribution is 2.54. The molecule has 3 aliphatic carbocycles. The number of hydrazine groups is 1. The molecular formula is C27H24Cl2N4O. The topological polar surface area (TPSA) is 66.1 Å². The van der Waals surface area contributed by atoms with Gasteiger partial charge in [0.05, 0.1) is 11.2 Å². The number of nitrogens with one attached hydrogen (secondary N) is 3. The van der Waals surface area contributed by atoms with Gasteiger partial charge in [0, 0.05) is 38.6 Å². The van der Waals surface area contributed by atoms with Crippen LogP contribution in [0.25, 0.3) is 21.7 Å². The molecule has 0 unspecified atom stereocenters. The van der Waals surface area contributed by atoms with Gasteiger partial charge < -0.3 is 5.32 Å². The molecule has 0 radical (unpaired) electrons. The summed E-state index contributed by atoms with van der Waals surface area (Å²) in [6.45, 7) is 0.724. The van der Waals surface area contributed by atoms with Crippen LogP contribution in [0, 0.1) is 0 Å². The molecule has 5 nitrogen and oxygen atoms in total. The molecule has 0 spiro atoms. The summed E-state index contributed by atoms with van der Waals surface area (Å²) < 4.78 is 0. The van der Waals surface area contributed by atoms with E-state index in [9.17, 15) is 4.79 Å². The van der Waals surface area contributed by atoms with E-state index in [0.717, 1.165) is 64.6 Å². The van der Waals surface area contributed by atoms with Crippen molar-refractivity contribution in [2.24, 2.45) is 0 Å². The van der Waals surface area contributed by atoms with Crippen molar-refractivity contribution in [2.75, 3.05) is 0 Å². The molecular weight excluding hydrogens is 467 g/mol. The van der Waals surface area contributed by atoms with Gasteiger partial charge in [0.2, 0.25) is 0 Å². The van der Waals surface area contributed by atoms with Gasteiger partial charge in [-0.25, -0.2) is 5.43 Å². The molecule has 1 heterocycles. The molecule has 172 valence electrons. The number of hydrogen-bond donors (Lipinski definition) is 3. The van der Waals surface area contributed by atoms with Crippen LogP contribution in [0.1, 0.15) is 41.7 Å². The lowest BCUT2D eigenvalue weighted by atomic mass is 9.71. The van der Waals surface area contributed by atoms with Gasteiger partial charge in [-0.2, -0.15) is 0 Å². The number of benzene rings is 3. The van der Waals surface area contributed by atoms with Gasteiger partial charge in [0.1, 0.15) is 0 Å². The predicted molar refractivity (Wildman–Crippen MR) is 137 cm³/mol. The van der Waals surface area contributed by atoms with Crippen LogP contribution in [0.2, 0.25) is 10.0 Å². The van der Waals surface area contributed by atoms with Crippen molar-refractivity contribution >= 4 is 50.8 Å². The Morgan fingerprint density at radius 1 is 0.824 bits per heavy atom. The third kappa shape index (κ3) is 4.03. The molecule has 0 saturated heterocycles. The zero-order valence-electron chi connectivity index (χ0n) is 18.5. The Balaban J connectivity index is 1.05. The molecule has 4 aromatic rings. The second kappa shape index (κ2) is 8.21. The number of pyridine rings is 1. The van der Waals surface area contributed by atoms with E-state index in [0.29, 0.717) is 10.6 Å². The number of nitrogens with zero attached hydrogens (tertiary/aromatic N) is 1.